The number of benzene rings is 1. The highest BCUT2D eigenvalue weighted by atomic mass is 16.2. The monoisotopic (exact) mass is 365 g/mol. The van der Waals surface area contributed by atoms with Crippen molar-refractivity contribution in [2.75, 3.05) is 18.8 Å². The number of anilines is 1. The first-order valence-electron chi connectivity index (χ1n) is 8.38. The second kappa shape index (κ2) is 8.56. The van der Waals surface area contributed by atoms with E-state index in [1.54, 1.807) is 6.07 Å². The number of aromatic nitrogens is 4. The van der Waals surface area contributed by atoms with Crippen LogP contribution in [-0.2, 0) is 0 Å². The van der Waals surface area contributed by atoms with Gasteiger partial charge in [-0.1, -0.05) is 30.3 Å². The van der Waals surface area contributed by atoms with Crippen LogP contribution in [0.4, 0.5) is 5.82 Å². The number of rotatable bonds is 7. The third-order valence-electron chi connectivity index (χ3n) is 3.70. The lowest BCUT2D eigenvalue weighted by atomic mass is 10.1. The van der Waals surface area contributed by atoms with Gasteiger partial charge in [0.15, 0.2) is 0 Å². The first-order valence-corrected chi connectivity index (χ1v) is 8.38. The molecule has 2 amide bonds. The summed E-state index contributed by atoms with van der Waals surface area (Å²) in [5.74, 6) is -0.427. The Morgan fingerprint density at radius 1 is 1.04 bits per heavy atom. The minimum atomic E-state index is -0.359. The van der Waals surface area contributed by atoms with Crippen LogP contribution in [0.2, 0.25) is 0 Å². The Kier molecular flexibility index (Phi) is 5.73. The Balaban J connectivity index is 1.41. The van der Waals surface area contributed by atoms with Crippen molar-refractivity contribution in [3.63, 3.8) is 0 Å². The number of nitrogens with zero attached hydrogens (tertiary/aromatic N) is 3. The number of hydrogen-bond acceptors (Lipinski definition) is 6. The quantitative estimate of drug-likeness (QED) is 0.461. The Labute approximate surface area is 155 Å². The second-order valence-corrected chi connectivity index (χ2v) is 5.73. The van der Waals surface area contributed by atoms with Gasteiger partial charge in [0.2, 0.25) is 0 Å². The van der Waals surface area contributed by atoms with E-state index in [-0.39, 0.29) is 23.3 Å². The molecule has 2 heterocycles. The van der Waals surface area contributed by atoms with Gasteiger partial charge < -0.3 is 16.4 Å². The van der Waals surface area contributed by atoms with Crippen molar-refractivity contribution in [1.82, 2.24) is 30.8 Å². The smallest absolute Gasteiger partial charge is 0.271 e. The van der Waals surface area contributed by atoms with Crippen molar-refractivity contribution in [3.8, 4) is 11.3 Å². The van der Waals surface area contributed by atoms with Gasteiger partial charge in [-0.05, 0) is 12.5 Å². The zero-order valence-corrected chi connectivity index (χ0v) is 14.5. The predicted octanol–water partition coefficient (Wildman–Crippen LogP) is 0.999. The first kappa shape index (κ1) is 18.1. The fourth-order valence-corrected chi connectivity index (χ4v) is 2.36. The van der Waals surface area contributed by atoms with Gasteiger partial charge in [-0.25, -0.2) is 4.98 Å². The molecular weight excluding hydrogens is 346 g/mol. The average Bonchev–Trinajstić information content (AvgIpc) is 3.18. The van der Waals surface area contributed by atoms with E-state index in [2.05, 4.69) is 30.8 Å². The van der Waals surface area contributed by atoms with E-state index in [1.807, 2.05) is 30.3 Å². The van der Waals surface area contributed by atoms with Crippen molar-refractivity contribution in [1.29, 1.82) is 0 Å². The number of carbonyl (C=O) groups is 2. The van der Waals surface area contributed by atoms with Crippen LogP contribution < -0.4 is 16.4 Å². The van der Waals surface area contributed by atoms with E-state index >= 15 is 0 Å². The van der Waals surface area contributed by atoms with Crippen LogP contribution in [0, 0.1) is 0 Å². The van der Waals surface area contributed by atoms with Crippen LogP contribution in [0.1, 0.15) is 27.4 Å². The lowest BCUT2D eigenvalue weighted by molar-refractivity contribution is 0.0946. The van der Waals surface area contributed by atoms with Crippen molar-refractivity contribution in [2.24, 2.45) is 0 Å². The van der Waals surface area contributed by atoms with E-state index in [9.17, 15) is 9.59 Å². The topological polar surface area (TPSA) is 139 Å². The van der Waals surface area contributed by atoms with Gasteiger partial charge in [-0.3, -0.25) is 19.7 Å². The fourth-order valence-electron chi connectivity index (χ4n) is 2.36. The minimum absolute atomic E-state index is 0.157. The number of aromatic amines is 1. The maximum Gasteiger partial charge on any atom is 0.271 e. The zero-order chi connectivity index (χ0) is 19.1. The van der Waals surface area contributed by atoms with Gasteiger partial charge in [-0.15, -0.1) is 0 Å². The molecule has 0 aliphatic rings. The molecule has 0 radical (unpaired) electrons. The summed E-state index contributed by atoms with van der Waals surface area (Å²) in [5.41, 5.74) is 7.67. The van der Waals surface area contributed by atoms with Gasteiger partial charge in [-0.2, -0.15) is 5.10 Å². The van der Waals surface area contributed by atoms with Crippen LogP contribution in [0.5, 0.6) is 0 Å². The van der Waals surface area contributed by atoms with Crippen LogP contribution in [0.15, 0.2) is 48.8 Å². The van der Waals surface area contributed by atoms with Crippen molar-refractivity contribution >= 4 is 17.6 Å². The molecule has 0 unspecified atom stereocenters. The number of H-pyrrole nitrogens is 1. The molecule has 0 bridgehead atoms. The molecule has 3 rings (SSSR count). The summed E-state index contributed by atoms with van der Waals surface area (Å²) >= 11 is 0. The molecule has 27 heavy (non-hydrogen) atoms. The van der Waals surface area contributed by atoms with Crippen LogP contribution in [0.25, 0.3) is 11.3 Å². The number of nitrogen functional groups attached to an aromatic ring is 1. The highest BCUT2D eigenvalue weighted by molar-refractivity contribution is 5.93. The van der Waals surface area contributed by atoms with Crippen molar-refractivity contribution in [2.45, 2.75) is 6.42 Å². The number of hydrogen-bond donors (Lipinski definition) is 4. The second-order valence-electron chi connectivity index (χ2n) is 5.73. The van der Waals surface area contributed by atoms with Crippen LogP contribution >= 0.6 is 0 Å². The molecule has 1 aromatic carbocycles. The molecule has 3 aromatic rings. The average molecular weight is 365 g/mol. The summed E-state index contributed by atoms with van der Waals surface area (Å²) < 4.78 is 0. The van der Waals surface area contributed by atoms with Gasteiger partial charge in [0.05, 0.1) is 18.1 Å². The third kappa shape index (κ3) is 4.88. The summed E-state index contributed by atoms with van der Waals surface area (Å²) in [7, 11) is 0. The molecule has 0 saturated heterocycles. The lowest BCUT2D eigenvalue weighted by Gasteiger charge is -2.06. The van der Waals surface area contributed by atoms with Gasteiger partial charge >= 0.3 is 0 Å². The molecule has 2 aromatic heterocycles. The maximum absolute atomic E-state index is 12.1. The summed E-state index contributed by atoms with van der Waals surface area (Å²) in [6.45, 7) is 0.787. The molecule has 5 N–H and O–H groups in total. The van der Waals surface area contributed by atoms with Gasteiger partial charge in [0.1, 0.15) is 17.2 Å². The van der Waals surface area contributed by atoms with Crippen LogP contribution in [0.3, 0.4) is 0 Å². The molecule has 0 aliphatic heterocycles. The van der Waals surface area contributed by atoms with Gasteiger partial charge in [0, 0.05) is 18.7 Å². The molecule has 138 valence electrons. The minimum Gasteiger partial charge on any atom is -0.382 e. The SMILES string of the molecule is Nc1cncc(C(=O)NCCCNC(=O)c2cc(-c3ccccc3)n[nH]2)n1. The Morgan fingerprint density at radius 2 is 1.78 bits per heavy atom. The summed E-state index contributed by atoms with van der Waals surface area (Å²) in [6.07, 6.45) is 3.27. The number of carbonyl (C=O) groups excluding carboxylic acids is 2. The summed E-state index contributed by atoms with van der Waals surface area (Å²) in [6, 6.07) is 11.3. The molecule has 0 fully saturated rings. The molecule has 9 heteroatoms. The van der Waals surface area contributed by atoms with E-state index < -0.39 is 0 Å². The maximum atomic E-state index is 12.1. The highest BCUT2D eigenvalue weighted by Gasteiger charge is 2.11. The molecular formula is C18H19N7O2. The largest absolute Gasteiger partial charge is 0.382 e. The normalized spacial score (nSPS) is 10.4. The summed E-state index contributed by atoms with van der Waals surface area (Å²) in [5, 5.41) is 12.4. The van der Waals surface area contributed by atoms with E-state index in [0.29, 0.717) is 30.9 Å². The molecule has 0 saturated carbocycles. The Hall–Kier alpha value is -3.75. The highest BCUT2D eigenvalue weighted by Crippen LogP contribution is 2.16. The Morgan fingerprint density at radius 3 is 2.52 bits per heavy atom. The van der Waals surface area contributed by atoms with E-state index in [4.69, 9.17) is 5.73 Å². The molecule has 0 aliphatic carbocycles. The van der Waals surface area contributed by atoms with E-state index in [0.717, 1.165) is 5.56 Å². The van der Waals surface area contributed by atoms with Crippen molar-refractivity contribution in [3.05, 3.63) is 60.2 Å². The predicted molar refractivity (Wildman–Crippen MR) is 99.8 cm³/mol. The Bertz CT molecular complexity index is 924. The number of nitrogens with two attached hydrogens (primary N) is 1. The fraction of sp³-hybridized carbons (Fsp3) is 0.167. The number of amides is 2. The lowest BCUT2D eigenvalue weighted by Crippen LogP contribution is -2.30. The number of nitrogens with one attached hydrogen (secondary N) is 3. The zero-order valence-electron chi connectivity index (χ0n) is 14.5. The standard InChI is InChI=1S/C18H19N7O2/c19-16-11-20-10-15(23-16)18(27)22-8-4-7-21-17(26)14-9-13(24-25-14)12-5-2-1-3-6-12/h1-3,5-6,9-11H,4,7-8H2,(H2,19,23)(H,21,26)(H,22,27)(H,24,25). The third-order valence-corrected chi connectivity index (χ3v) is 3.70. The van der Waals surface area contributed by atoms with Crippen LogP contribution in [-0.4, -0.2) is 45.1 Å². The summed E-state index contributed by atoms with van der Waals surface area (Å²) in [4.78, 5) is 31.7. The molecule has 0 atom stereocenters. The molecule has 0 spiro atoms. The molecule has 9 nitrogen and oxygen atoms in total. The van der Waals surface area contributed by atoms with Gasteiger partial charge in [0.25, 0.3) is 11.8 Å². The van der Waals surface area contributed by atoms with Crippen molar-refractivity contribution < 1.29 is 9.59 Å². The first-order chi connectivity index (χ1) is 13.1. The van der Waals surface area contributed by atoms with E-state index in [1.165, 1.54) is 12.4 Å².